The first kappa shape index (κ1) is 12.7. The third kappa shape index (κ3) is 3.15. The molecule has 0 radical (unpaired) electrons. The highest BCUT2D eigenvalue weighted by atomic mass is 32.1. The maximum absolute atomic E-state index is 9.45. The van der Waals surface area contributed by atoms with Crippen LogP contribution in [0, 0.1) is 0 Å². The molecule has 0 saturated heterocycles. The van der Waals surface area contributed by atoms with Crippen molar-refractivity contribution < 1.29 is 5.11 Å². The Morgan fingerprint density at radius 3 is 2.11 bits per heavy atom. The molecule has 0 saturated carbocycles. The molecular weight excluding hydrogens is 242 g/mol. The number of hydrogen-bond donors (Lipinski definition) is 2. The van der Waals surface area contributed by atoms with Gasteiger partial charge >= 0.3 is 0 Å². The smallest absolute Gasteiger partial charge is 0.107 e. The first-order chi connectivity index (χ1) is 8.81. The van der Waals surface area contributed by atoms with Crippen LogP contribution in [0.4, 0.5) is 0 Å². The summed E-state index contributed by atoms with van der Waals surface area (Å²) in [4.78, 5) is 0.651. The van der Waals surface area contributed by atoms with E-state index in [2.05, 4.69) is 5.32 Å². The van der Waals surface area contributed by atoms with Crippen molar-refractivity contribution in [3.05, 3.63) is 71.8 Å². The number of hydrogen-bond acceptors (Lipinski definition) is 2. The number of thiocarbonyl (C=S) groups is 1. The van der Waals surface area contributed by atoms with Crippen LogP contribution in [0.3, 0.4) is 0 Å². The van der Waals surface area contributed by atoms with Gasteiger partial charge in [-0.1, -0.05) is 72.9 Å². The van der Waals surface area contributed by atoms with Gasteiger partial charge in [-0.2, -0.15) is 0 Å². The molecule has 2 aromatic carbocycles. The molecule has 92 valence electrons. The zero-order chi connectivity index (χ0) is 12.8. The maximum Gasteiger partial charge on any atom is 0.107 e. The summed E-state index contributed by atoms with van der Waals surface area (Å²) in [6.45, 7) is 0.0109. The lowest BCUT2D eigenvalue weighted by Gasteiger charge is -2.18. The van der Waals surface area contributed by atoms with Crippen molar-refractivity contribution in [2.24, 2.45) is 0 Å². The number of nitrogens with one attached hydrogen (secondary N) is 1. The van der Waals surface area contributed by atoms with Gasteiger partial charge in [-0.15, -0.1) is 0 Å². The third-order valence-corrected chi connectivity index (χ3v) is 3.08. The molecule has 2 rings (SSSR count). The van der Waals surface area contributed by atoms with Gasteiger partial charge in [0, 0.05) is 5.56 Å². The molecule has 0 aliphatic rings. The van der Waals surface area contributed by atoms with Gasteiger partial charge in [0.2, 0.25) is 0 Å². The Morgan fingerprint density at radius 2 is 1.56 bits per heavy atom. The van der Waals surface area contributed by atoms with Crippen molar-refractivity contribution in [1.29, 1.82) is 0 Å². The minimum Gasteiger partial charge on any atom is -0.394 e. The monoisotopic (exact) mass is 257 g/mol. The van der Waals surface area contributed by atoms with Crippen LogP contribution in [0.5, 0.6) is 0 Å². The Morgan fingerprint density at radius 1 is 1.00 bits per heavy atom. The standard InChI is InChI=1S/C15H15NOS/c17-11-14(12-7-3-1-4-8-12)16-15(18)13-9-5-2-6-10-13/h1-10,14,17H,11H2,(H,16,18)/t14-/m0/s1. The molecule has 2 N–H and O–H groups in total. The van der Waals surface area contributed by atoms with E-state index in [4.69, 9.17) is 12.2 Å². The molecule has 0 aliphatic heterocycles. The summed E-state index contributed by atoms with van der Waals surface area (Å²) in [7, 11) is 0. The van der Waals surface area contributed by atoms with Gasteiger partial charge in [0.15, 0.2) is 0 Å². The van der Waals surface area contributed by atoms with Crippen molar-refractivity contribution in [3.8, 4) is 0 Å². The van der Waals surface area contributed by atoms with Gasteiger partial charge in [-0.3, -0.25) is 0 Å². The van der Waals surface area contributed by atoms with Crippen molar-refractivity contribution >= 4 is 17.2 Å². The van der Waals surface area contributed by atoms with Crippen LogP contribution in [0.15, 0.2) is 60.7 Å². The van der Waals surface area contributed by atoms with Crippen molar-refractivity contribution in [2.75, 3.05) is 6.61 Å². The molecule has 0 amide bonds. The summed E-state index contributed by atoms with van der Waals surface area (Å²) in [6.07, 6.45) is 0. The van der Waals surface area contributed by atoms with Crippen molar-refractivity contribution in [1.82, 2.24) is 5.32 Å². The van der Waals surface area contributed by atoms with Crippen LogP contribution in [0.25, 0.3) is 0 Å². The third-order valence-electron chi connectivity index (χ3n) is 2.73. The highest BCUT2D eigenvalue weighted by Gasteiger charge is 2.11. The summed E-state index contributed by atoms with van der Waals surface area (Å²) in [5.41, 5.74) is 1.99. The molecule has 0 bridgehead atoms. The summed E-state index contributed by atoms with van der Waals surface area (Å²) in [5.74, 6) is 0. The molecule has 3 heteroatoms. The highest BCUT2D eigenvalue weighted by Crippen LogP contribution is 2.13. The van der Waals surface area contributed by atoms with Gasteiger partial charge in [-0.05, 0) is 5.56 Å². The second kappa shape index (κ2) is 6.28. The number of aliphatic hydroxyl groups excluding tert-OH is 1. The van der Waals surface area contributed by atoms with Gasteiger partial charge in [0.05, 0.1) is 12.6 Å². The van der Waals surface area contributed by atoms with E-state index in [0.717, 1.165) is 11.1 Å². The molecule has 2 nitrogen and oxygen atoms in total. The SMILES string of the molecule is OC[C@H](NC(=S)c1ccccc1)c1ccccc1. The molecule has 0 aromatic heterocycles. The first-order valence-electron chi connectivity index (χ1n) is 5.83. The normalized spacial score (nSPS) is 11.8. The van der Waals surface area contributed by atoms with E-state index in [-0.39, 0.29) is 12.6 Å². The van der Waals surface area contributed by atoms with Crippen molar-refractivity contribution in [3.63, 3.8) is 0 Å². The van der Waals surface area contributed by atoms with Crippen LogP contribution in [-0.2, 0) is 0 Å². The van der Waals surface area contributed by atoms with Crippen LogP contribution < -0.4 is 5.32 Å². The lowest BCUT2D eigenvalue weighted by atomic mass is 10.1. The minimum atomic E-state index is -0.168. The Hall–Kier alpha value is -1.71. The highest BCUT2D eigenvalue weighted by molar-refractivity contribution is 7.80. The lowest BCUT2D eigenvalue weighted by Crippen LogP contribution is -2.29. The van der Waals surface area contributed by atoms with Gasteiger partial charge < -0.3 is 10.4 Å². The predicted octanol–water partition coefficient (Wildman–Crippen LogP) is 2.69. The van der Waals surface area contributed by atoms with Crippen LogP contribution in [0.2, 0.25) is 0 Å². The molecule has 0 unspecified atom stereocenters. The summed E-state index contributed by atoms with van der Waals surface area (Å²) >= 11 is 5.34. The van der Waals surface area contributed by atoms with E-state index in [9.17, 15) is 5.11 Å². The summed E-state index contributed by atoms with van der Waals surface area (Å²) in [5, 5.41) is 12.6. The zero-order valence-corrected chi connectivity index (χ0v) is 10.7. The van der Waals surface area contributed by atoms with E-state index >= 15 is 0 Å². The molecule has 0 aliphatic carbocycles. The Balaban J connectivity index is 2.10. The molecular formula is C15H15NOS. The Labute approximate surface area is 112 Å². The average molecular weight is 257 g/mol. The van der Waals surface area contributed by atoms with E-state index in [1.165, 1.54) is 0 Å². The average Bonchev–Trinajstić information content (AvgIpc) is 2.46. The molecule has 2 aromatic rings. The lowest BCUT2D eigenvalue weighted by molar-refractivity contribution is 0.258. The molecule has 0 spiro atoms. The summed E-state index contributed by atoms with van der Waals surface area (Å²) in [6, 6.07) is 19.4. The molecule has 1 atom stereocenters. The van der Waals surface area contributed by atoms with E-state index < -0.39 is 0 Å². The topological polar surface area (TPSA) is 32.3 Å². The fourth-order valence-corrected chi connectivity index (χ4v) is 2.03. The fraction of sp³-hybridized carbons (Fsp3) is 0.133. The number of benzene rings is 2. The zero-order valence-electron chi connectivity index (χ0n) is 9.91. The van der Waals surface area contributed by atoms with Crippen LogP contribution in [0.1, 0.15) is 17.2 Å². The minimum absolute atomic E-state index is 0.0109. The number of aliphatic hydroxyl groups is 1. The van der Waals surface area contributed by atoms with E-state index in [0.29, 0.717) is 4.99 Å². The Kier molecular flexibility index (Phi) is 4.45. The first-order valence-corrected chi connectivity index (χ1v) is 6.24. The van der Waals surface area contributed by atoms with Crippen LogP contribution >= 0.6 is 12.2 Å². The second-order valence-electron chi connectivity index (χ2n) is 3.99. The second-order valence-corrected chi connectivity index (χ2v) is 4.39. The summed E-state index contributed by atoms with van der Waals surface area (Å²) < 4.78 is 0. The van der Waals surface area contributed by atoms with E-state index in [1.807, 2.05) is 60.7 Å². The van der Waals surface area contributed by atoms with Gasteiger partial charge in [-0.25, -0.2) is 0 Å². The molecule has 18 heavy (non-hydrogen) atoms. The van der Waals surface area contributed by atoms with Crippen LogP contribution in [-0.4, -0.2) is 16.7 Å². The molecule has 0 fully saturated rings. The number of rotatable bonds is 4. The maximum atomic E-state index is 9.45. The fourth-order valence-electron chi connectivity index (χ4n) is 1.75. The van der Waals surface area contributed by atoms with Gasteiger partial charge in [0.25, 0.3) is 0 Å². The Bertz CT molecular complexity index is 498. The van der Waals surface area contributed by atoms with Gasteiger partial charge in [0.1, 0.15) is 4.99 Å². The van der Waals surface area contributed by atoms with E-state index in [1.54, 1.807) is 0 Å². The molecule has 0 heterocycles. The quantitative estimate of drug-likeness (QED) is 0.826. The predicted molar refractivity (Wildman–Crippen MR) is 77.5 cm³/mol. The largest absolute Gasteiger partial charge is 0.394 e. The van der Waals surface area contributed by atoms with Crippen molar-refractivity contribution in [2.45, 2.75) is 6.04 Å².